The zero-order valence-electron chi connectivity index (χ0n) is 9.59. The largest absolute Gasteiger partial charge is 0.468 e. The number of hydrogen-bond donors (Lipinski definition) is 1. The first-order valence-corrected chi connectivity index (χ1v) is 6.69. The monoisotopic (exact) mass is 299 g/mol. The van der Waals surface area contributed by atoms with Gasteiger partial charge in [0.05, 0.1) is 12.7 Å². The summed E-state index contributed by atoms with van der Waals surface area (Å²) < 4.78 is 8.94. The summed E-state index contributed by atoms with van der Waals surface area (Å²) in [6.45, 7) is 2.52. The third kappa shape index (κ3) is 5.47. The molecule has 2 atom stereocenters. The van der Waals surface area contributed by atoms with Gasteiger partial charge in [-0.25, -0.2) is 0 Å². The summed E-state index contributed by atoms with van der Waals surface area (Å²) in [5.41, 5.74) is 0. The van der Waals surface area contributed by atoms with Crippen molar-refractivity contribution in [1.29, 1.82) is 5.41 Å². The van der Waals surface area contributed by atoms with Gasteiger partial charge in [-0.1, -0.05) is 60.6 Å². The number of ether oxygens (including phenoxy) is 2. The maximum absolute atomic E-state index is 7.43. The molecule has 0 aromatic carbocycles. The first-order chi connectivity index (χ1) is 7.93. The van der Waals surface area contributed by atoms with Crippen LogP contribution in [0.25, 0.3) is 0 Å². The molecule has 0 spiro atoms. The molecule has 3 nitrogen and oxygen atoms in total. The standard InChI is InChI=1S/C11H16Cl3NO2/c1-2-3-4-8-5-6-9(7-16-8)17-10(15)11(12,13)14/h5-6,8-9,15H,2-4,7H2,1H3/t8-,9+/m0/s1. The predicted molar refractivity (Wildman–Crippen MR) is 71.3 cm³/mol. The van der Waals surface area contributed by atoms with E-state index in [1.54, 1.807) is 0 Å². The second-order valence-electron chi connectivity index (χ2n) is 3.88. The summed E-state index contributed by atoms with van der Waals surface area (Å²) in [5, 5.41) is 7.43. The van der Waals surface area contributed by atoms with Gasteiger partial charge in [0.2, 0.25) is 5.90 Å². The van der Waals surface area contributed by atoms with Crippen LogP contribution in [-0.4, -0.2) is 28.5 Å². The van der Waals surface area contributed by atoms with E-state index in [0.29, 0.717) is 6.61 Å². The van der Waals surface area contributed by atoms with Gasteiger partial charge in [0, 0.05) is 0 Å². The van der Waals surface area contributed by atoms with Crippen LogP contribution >= 0.6 is 34.8 Å². The lowest BCUT2D eigenvalue weighted by Crippen LogP contribution is -2.32. The lowest BCUT2D eigenvalue weighted by Gasteiger charge is -2.25. The van der Waals surface area contributed by atoms with Crippen LogP contribution in [0.3, 0.4) is 0 Å². The van der Waals surface area contributed by atoms with Gasteiger partial charge in [0.25, 0.3) is 3.79 Å². The highest BCUT2D eigenvalue weighted by atomic mass is 35.6. The van der Waals surface area contributed by atoms with Crippen molar-refractivity contribution in [3.05, 3.63) is 12.2 Å². The second kappa shape index (κ2) is 6.83. The Morgan fingerprint density at radius 1 is 1.47 bits per heavy atom. The predicted octanol–water partition coefficient (Wildman–Crippen LogP) is 3.86. The zero-order valence-corrected chi connectivity index (χ0v) is 11.9. The minimum absolute atomic E-state index is 0.136. The molecule has 17 heavy (non-hydrogen) atoms. The van der Waals surface area contributed by atoms with Gasteiger partial charge in [-0.15, -0.1) is 0 Å². The van der Waals surface area contributed by atoms with Crippen molar-refractivity contribution >= 4 is 40.7 Å². The van der Waals surface area contributed by atoms with Gasteiger partial charge >= 0.3 is 0 Å². The fourth-order valence-electron chi connectivity index (χ4n) is 1.45. The molecule has 0 aromatic rings. The Labute approximate surface area is 117 Å². The molecule has 0 saturated carbocycles. The molecule has 1 heterocycles. The lowest BCUT2D eigenvalue weighted by molar-refractivity contribution is 0.0150. The fraction of sp³-hybridized carbons (Fsp3) is 0.727. The third-order valence-electron chi connectivity index (χ3n) is 2.38. The second-order valence-corrected chi connectivity index (χ2v) is 6.16. The quantitative estimate of drug-likeness (QED) is 0.371. The number of rotatable bonds is 4. The van der Waals surface area contributed by atoms with Crippen LogP contribution in [0.4, 0.5) is 0 Å². The van der Waals surface area contributed by atoms with Crippen LogP contribution < -0.4 is 0 Å². The Hall–Kier alpha value is 0.0400. The Balaban J connectivity index is 2.38. The molecule has 1 N–H and O–H groups in total. The van der Waals surface area contributed by atoms with E-state index in [4.69, 9.17) is 49.7 Å². The average molecular weight is 301 g/mol. The summed E-state index contributed by atoms with van der Waals surface area (Å²) in [7, 11) is 0. The highest BCUT2D eigenvalue weighted by Gasteiger charge is 2.31. The molecular weight excluding hydrogens is 284 g/mol. The molecule has 0 radical (unpaired) electrons. The van der Waals surface area contributed by atoms with Crippen LogP contribution in [0, 0.1) is 5.41 Å². The van der Waals surface area contributed by atoms with Gasteiger partial charge in [-0.05, 0) is 12.5 Å². The van der Waals surface area contributed by atoms with Crippen molar-refractivity contribution < 1.29 is 9.47 Å². The molecule has 0 aromatic heterocycles. The van der Waals surface area contributed by atoms with Crippen LogP contribution in [0.2, 0.25) is 0 Å². The molecule has 98 valence electrons. The molecule has 0 bridgehead atoms. The van der Waals surface area contributed by atoms with Crippen LogP contribution in [0.5, 0.6) is 0 Å². The van der Waals surface area contributed by atoms with Crippen molar-refractivity contribution in [3.8, 4) is 0 Å². The van der Waals surface area contributed by atoms with Gasteiger partial charge in [0.15, 0.2) is 0 Å². The third-order valence-corrected chi connectivity index (χ3v) is 2.90. The number of nitrogens with one attached hydrogen (secondary N) is 1. The Morgan fingerprint density at radius 2 is 2.18 bits per heavy atom. The number of halogens is 3. The molecule has 1 aliphatic rings. The van der Waals surface area contributed by atoms with E-state index >= 15 is 0 Å². The van der Waals surface area contributed by atoms with Gasteiger partial charge in [-0.3, -0.25) is 5.41 Å². The van der Waals surface area contributed by atoms with E-state index in [1.807, 2.05) is 12.2 Å². The van der Waals surface area contributed by atoms with E-state index < -0.39 is 3.79 Å². The first-order valence-electron chi connectivity index (χ1n) is 5.55. The molecule has 0 unspecified atom stereocenters. The van der Waals surface area contributed by atoms with E-state index in [9.17, 15) is 0 Å². The Bertz CT molecular complexity index is 289. The normalized spacial score (nSPS) is 24.7. The minimum atomic E-state index is -1.81. The topological polar surface area (TPSA) is 42.3 Å². The molecule has 0 fully saturated rings. The number of alkyl halides is 3. The zero-order chi connectivity index (χ0) is 12.9. The molecule has 1 aliphatic heterocycles. The molecule has 1 rings (SSSR count). The highest BCUT2D eigenvalue weighted by molar-refractivity contribution is 6.76. The van der Waals surface area contributed by atoms with Crippen LogP contribution in [-0.2, 0) is 9.47 Å². The average Bonchev–Trinajstić information content (AvgIpc) is 2.27. The first kappa shape index (κ1) is 15.1. The number of unbranched alkanes of at least 4 members (excludes halogenated alkanes) is 1. The van der Waals surface area contributed by atoms with Crippen molar-refractivity contribution in [2.75, 3.05) is 6.61 Å². The summed E-state index contributed by atoms with van der Waals surface area (Å²) in [5.74, 6) is -0.382. The summed E-state index contributed by atoms with van der Waals surface area (Å²) in [6.07, 6.45) is 6.86. The molecule has 0 aliphatic carbocycles. The summed E-state index contributed by atoms with van der Waals surface area (Å²) >= 11 is 16.5. The lowest BCUT2D eigenvalue weighted by atomic mass is 10.1. The van der Waals surface area contributed by atoms with Crippen molar-refractivity contribution in [2.45, 2.75) is 42.2 Å². The van der Waals surface area contributed by atoms with Crippen LogP contribution in [0.1, 0.15) is 26.2 Å². The van der Waals surface area contributed by atoms with Crippen LogP contribution in [0.15, 0.2) is 12.2 Å². The van der Waals surface area contributed by atoms with E-state index in [1.165, 1.54) is 0 Å². The highest BCUT2D eigenvalue weighted by Crippen LogP contribution is 2.28. The smallest absolute Gasteiger partial charge is 0.265 e. The van der Waals surface area contributed by atoms with Crippen molar-refractivity contribution in [2.24, 2.45) is 0 Å². The molecular formula is C11H16Cl3NO2. The SMILES string of the molecule is CCCC[C@H]1C=C[C@@H](OC(=N)C(Cl)(Cl)Cl)CO1. The fourth-order valence-corrected chi connectivity index (χ4v) is 1.59. The maximum atomic E-state index is 7.43. The minimum Gasteiger partial charge on any atom is -0.468 e. The van der Waals surface area contributed by atoms with Crippen molar-refractivity contribution in [1.82, 2.24) is 0 Å². The molecule has 0 amide bonds. The Kier molecular flexibility index (Phi) is 6.07. The van der Waals surface area contributed by atoms with E-state index in [2.05, 4.69) is 6.92 Å². The summed E-state index contributed by atoms with van der Waals surface area (Å²) in [6, 6.07) is 0. The Morgan fingerprint density at radius 3 is 2.65 bits per heavy atom. The maximum Gasteiger partial charge on any atom is 0.265 e. The molecule has 0 saturated heterocycles. The number of hydrogen-bond acceptors (Lipinski definition) is 3. The van der Waals surface area contributed by atoms with Crippen molar-refractivity contribution in [3.63, 3.8) is 0 Å². The molecule has 6 heteroatoms. The van der Waals surface area contributed by atoms with Gasteiger partial charge in [-0.2, -0.15) is 0 Å². The van der Waals surface area contributed by atoms with Gasteiger partial charge in [0.1, 0.15) is 6.10 Å². The van der Waals surface area contributed by atoms with E-state index in [-0.39, 0.29) is 18.1 Å². The van der Waals surface area contributed by atoms with E-state index in [0.717, 1.165) is 19.3 Å². The van der Waals surface area contributed by atoms with Gasteiger partial charge < -0.3 is 9.47 Å². The summed E-state index contributed by atoms with van der Waals surface area (Å²) in [4.78, 5) is 0.